The smallest absolute Gasteiger partial charge is 0.264 e. The van der Waals surface area contributed by atoms with Crippen LogP contribution in [0.15, 0.2) is 71.6 Å². The molecule has 0 saturated heterocycles. The van der Waals surface area contributed by atoms with Crippen LogP contribution in [0.4, 0.5) is 11.4 Å². The standard InChI is InChI=1S/C23H23ClN2O4S/c1-16-4-11-20(12-5-16)31(28,29)26(18-7-9-19(30-3)10-8-18)15-23(27)25-22-13-6-17(2)14-21(22)24/h4-14H,15H2,1-3H3,(H,25,27). The first kappa shape index (κ1) is 22.7. The van der Waals surface area contributed by atoms with Gasteiger partial charge in [-0.3, -0.25) is 9.10 Å². The fourth-order valence-electron chi connectivity index (χ4n) is 2.94. The van der Waals surface area contributed by atoms with Crippen LogP contribution in [0.5, 0.6) is 5.75 Å². The number of carbonyl (C=O) groups excluding carboxylic acids is 1. The topological polar surface area (TPSA) is 75.7 Å². The number of benzene rings is 3. The van der Waals surface area contributed by atoms with Crippen LogP contribution in [-0.2, 0) is 14.8 Å². The Balaban J connectivity index is 1.94. The van der Waals surface area contributed by atoms with Gasteiger partial charge in [-0.25, -0.2) is 8.42 Å². The molecule has 162 valence electrons. The van der Waals surface area contributed by atoms with E-state index in [-0.39, 0.29) is 4.90 Å². The summed E-state index contributed by atoms with van der Waals surface area (Å²) < 4.78 is 33.0. The van der Waals surface area contributed by atoms with Gasteiger partial charge in [0.2, 0.25) is 5.91 Å². The van der Waals surface area contributed by atoms with Gasteiger partial charge >= 0.3 is 0 Å². The van der Waals surface area contributed by atoms with Gasteiger partial charge in [0.05, 0.1) is 28.4 Å². The van der Waals surface area contributed by atoms with Crippen LogP contribution in [0.2, 0.25) is 5.02 Å². The molecule has 0 atom stereocenters. The molecule has 0 aliphatic carbocycles. The second-order valence-corrected chi connectivity index (χ2v) is 9.32. The van der Waals surface area contributed by atoms with Crippen LogP contribution < -0.4 is 14.4 Å². The number of aryl methyl sites for hydroxylation is 2. The van der Waals surface area contributed by atoms with Gasteiger partial charge in [-0.1, -0.05) is 35.4 Å². The highest BCUT2D eigenvalue weighted by atomic mass is 35.5. The number of ether oxygens (including phenoxy) is 1. The number of carbonyl (C=O) groups is 1. The second-order valence-electron chi connectivity index (χ2n) is 7.05. The Labute approximate surface area is 187 Å². The summed E-state index contributed by atoms with van der Waals surface area (Å²) in [6.45, 7) is 3.33. The molecule has 3 aromatic rings. The van der Waals surface area contributed by atoms with Crippen LogP contribution in [-0.4, -0.2) is 28.0 Å². The average molecular weight is 459 g/mol. The van der Waals surface area contributed by atoms with Crippen molar-refractivity contribution in [2.24, 2.45) is 0 Å². The maximum absolute atomic E-state index is 13.4. The zero-order valence-electron chi connectivity index (χ0n) is 17.4. The number of amides is 1. The minimum atomic E-state index is -4.00. The van der Waals surface area contributed by atoms with Gasteiger partial charge < -0.3 is 10.1 Å². The van der Waals surface area contributed by atoms with Gasteiger partial charge in [0.15, 0.2) is 0 Å². The predicted molar refractivity (Wildman–Crippen MR) is 124 cm³/mol. The van der Waals surface area contributed by atoms with E-state index in [1.165, 1.54) is 19.2 Å². The first-order valence-corrected chi connectivity index (χ1v) is 11.3. The van der Waals surface area contributed by atoms with Crippen LogP contribution in [0.3, 0.4) is 0 Å². The van der Waals surface area contributed by atoms with Gasteiger partial charge in [-0.2, -0.15) is 0 Å². The molecule has 0 saturated carbocycles. The zero-order chi connectivity index (χ0) is 22.6. The Morgan fingerprint density at radius 2 is 1.58 bits per heavy atom. The largest absolute Gasteiger partial charge is 0.497 e. The fourth-order valence-corrected chi connectivity index (χ4v) is 4.65. The molecule has 0 heterocycles. The Morgan fingerprint density at radius 1 is 0.968 bits per heavy atom. The Kier molecular flexibility index (Phi) is 6.87. The lowest BCUT2D eigenvalue weighted by atomic mass is 10.2. The fraction of sp³-hybridized carbons (Fsp3) is 0.174. The number of hydrogen-bond donors (Lipinski definition) is 1. The molecule has 8 heteroatoms. The van der Waals surface area contributed by atoms with Crippen LogP contribution in [0, 0.1) is 13.8 Å². The Bertz CT molecular complexity index is 1180. The number of hydrogen-bond acceptors (Lipinski definition) is 4. The Morgan fingerprint density at radius 3 is 2.16 bits per heavy atom. The normalized spacial score (nSPS) is 11.1. The summed E-state index contributed by atoms with van der Waals surface area (Å²) in [4.78, 5) is 12.9. The molecule has 0 aliphatic rings. The van der Waals surface area contributed by atoms with Crippen molar-refractivity contribution in [1.29, 1.82) is 0 Å². The highest BCUT2D eigenvalue weighted by Crippen LogP contribution is 2.27. The summed E-state index contributed by atoms with van der Waals surface area (Å²) in [5.74, 6) is 0.0598. The van der Waals surface area contributed by atoms with E-state index in [2.05, 4.69) is 5.32 Å². The molecule has 0 fully saturated rings. The van der Waals surface area contributed by atoms with Gasteiger partial charge in [0.1, 0.15) is 12.3 Å². The van der Waals surface area contributed by atoms with E-state index >= 15 is 0 Å². The van der Waals surface area contributed by atoms with Crippen LogP contribution >= 0.6 is 11.6 Å². The van der Waals surface area contributed by atoms with Crippen molar-refractivity contribution < 1.29 is 17.9 Å². The van der Waals surface area contributed by atoms with E-state index < -0.39 is 22.5 Å². The summed E-state index contributed by atoms with van der Waals surface area (Å²) in [5, 5.41) is 3.07. The summed E-state index contributed by atoms with van der Waals surface area (Å²) >= 11 is 6.20. The average Bonchev–Trinajstić information content (AvgIpc) is 2.74. The molecular weight excluding hydrogens is 436 g/mol. The molecule has 0 unspecified atom stereocenters. The maximum atomic E-state index is 13.4. The van der Waals surface area contributed by atoms with E-state index in [1.54, 1.807) is 48.5 Å². The monoisotopic (exact) mass is 458 g/mol. The van der Waals surface area contributed by atoms with E-state index in [4.69, 9.17) is 16.3 Å². The molecule has 0 bridgehead atoms. The molecule has 31 heavy (non-hydrogen) atoms. The van der Waals surface area contributed by atoms with Crippen molar-refractivity contribution in [1.82, 2.24) is 0 Å². The number of halogens is 1. The minimum Gasteiger partial charge on any atom is -0.497 e. The van der Waals surface area contributed by atoms with Crippen LogP contribution in [0.1, 0.15) is 11.1 Å². The number of sulfonamides is 1. The molecule has 6 nitrogen and oxygen atoms in total. The van der Waals surface area contributed by atoms with Crippen molar-refractivity contribution >= 4 is 38.9 Å². The molecule has 0 aromatic heterocycles. The molecule has 0 aliphatic heterocycles. The number of rotatable bonds is 7. The van der Waals surface area contributed by atoms with Gasteiger partial charge in [0, 0.05) is 0 Å². The van der Waals surface area contributed by atoms with E-state index in [9.17, 15) is 13.2 Å². The number of nitrogens with one attached hydrogen (secondary N) is 1. The minimum absolute atomic E-state index is 0.0927. The molecule has 1 N–H and O–H groups in total. The molecule has 1 amide bonds. The zero-order valence-corrected chi connectivity index (χ0v) is 19.0. The van der Waals surface area contributed by atoms with E-state index in [0.29, 0.717) is 22.1 Å². The van der Waals surface area contributed by atoms with Crippen molar-refractivity contribution in [2.75, 3.05) is 23.3 Å². The number of anilines is 2. The van der Waals surface area contributed by atoms with Crippen molar-refractivity contribution in [3.63, 3.8) is 0 Å². The van der Waals surface area contributed by atoms with Gasteiger partial charge in [-0.05, 0) is 67.9 Å². The first-order chi connectivity index (χ1) is 14.7. The SMILES string of the molecule is COc1ccc(N(CC(=O)Nc2ccc(C)cc2Cl)S(=O)(=O)c2ccc(C)cc2)cc1. The first-order valence-electron chi connectivity index (χ1n) is 9.50. The molecule has 0 spiro atoms. The lowest BCUT2D eigenvalue weighted by molar-refractivity contribution is -0.114. The third-order valence-corrected chi connectivity index (χ3v) is 6.76. The molecular formula is C23H23ClN2O4S. The van der Waals surface area contributed by atoms with Crippen molar-refractivity contribution in [2.45, 2.75) is 18.7 Å². The quantitative estimate of drug-likeness (QED) is 0.551. The van der Waals surface area contributed by atoms with Crippen LogP contribution in [0.25, 0.3) is 0 Å². The third kappa shape index (κ3) is 5.37. The Hall–Kier alpha value is -3.03. The third-order valence-electron chi connectivity index (χ3n) is 4.66. The van der Waals surface area contributed by atoms with Crippen molar-refractivity contribution in [3.8, 4) is 5.75 Å². The highest BCUT2D eigenvalue weighted by Gasteiger charge is 2.27. The summed E-state index contributed by atoms with van der Waals surface area (Å²) in [5.41, 5.74) is 2.64. The van der Waals surface area contributed by atoms with E-state index in [0.717, 1.165) is 15.4 Å². The summed E-state index contributed by atoms with van der Waals surface area (Å²) in [6.07, 6.45) is 0. The molecule has 0 radical (unpaired) electrons. The molecule has 3 rings (SSSR count). The number of nitrogens with zero attached hydrogens (tertiary/aromatic N) is 1. The van der Waals surface area contributed by atoms with E-state index in [1.807, 2.05) is 19.9 Å². The summed E-state index contributed by atoms with van der Waals surface area (Å²) in [7, 11) is -2.47. The van der Waals surface area contributed by atoms with Gasteiger partial charge in [-0.15, -0.1) is 0 Å². The molecule has 3 aromatic carbocycles. The maximum Gasteiger partial charge on any atom is 0.264 e. The summed E-state index contributed by atoms with van der Waals surface area (Å²) in [6, 6.07) is 18.2. The highest BCUT2D eigenvalue weighted by molar-refractivity contribution is 7.92. The predicted octanol–water partition coefficient (Wildman–Crippen LogP) is 4.80. The van der Waals surface area contributed by atoms with Crippen molar-refractivity contribution in [3.05, 3.63) is 82.9 Å². The van der Waals surface area contributed by atoms with Gasteiger partial charge in [0.25, 0.3) is 10.0 Å². The number of methoxy groups -OCH3 is 1. The second kappa shape index (κ2) is 9.41. The lowest BCUT2D eigenvalue weighted by Crippen LogP contribution is -2.38. The lowest BCUT2D eigenvalue weighted by Gasteiger charge is -2.24.